The fourth-order valence-corrected chi connectivity index (χ4v) is 3.86. The second-order valence-electron chi connectivity index (χ2n) is 5.49. The quantitative estimate of drug-likeness (QED) is 0.603. The lowest BCUT2D eigenvalue weighted by molar-refractivity contribution is -0.113. The van der Waals surface area contributed by atoms with Crippen molar-refractivity contribution in [1.82, 2.24) is 0 Å². The Bertz CT molecular complexity index is 970. The van der Waals surface area contributed by atoms with Gasteiger partial charge in [0.2, 0.25) is 0 Å². The van der Waals surface area contributed by atoms with Gasteiger partial charge in [-0.25, -0.2) is 4.79 Å². The Labute approximate surface area is 165 Å². The summed E-state index contributed by atoms with van der Waals surface area (Å²) in [5, 5.41) is 9.15. The molecular formula is C19H15NO5S2. The number of thiocarbonyl (C=S) groups is 1. The second kappa shape index (κ2) is 7.81. The molecule has 8 heteroatoms. The van der Waals surface area contributed by atoms with Crippen LogP contribution in [-0.2, 0) is 4.79 Å². The van der Waals surface area contributed by atoms with Crippen molar-refractivity contribution in [2.75, 3.05) is 19.1 Å². The summed E-state index contributed by atoms with van der Waals surface area (Å²) < 4.78 is 10.8. The summed E-state index contributed by atoms with van der Waals surface area (Å²) >= 11 is 6.48. The van der Waals surface area contributed by atoms with E-state index < -0.39 is 5.97 Å². The number of carbonyl (C=O) groups excluding carboxylic acids is 1. The predicted molar refractivity (Wildman–Crippen MR) is 109 cm³/mol. The maximum absolute atomic E-state index is 12.8. The third-order valence-corrected chi connectivity index (χ3v) is 5.15. The maximum atomic E-state index is 12.8. The number of carboxylic acid groups (broad SMARTS) is 1. The fourth-order valence-electron chi connectivity index (χ4n) is 2.56. The summed E-state index contributed by atoms with van der Waals surface area (Å²) in [5.41, 5.74) is 1.27. The van der Waals surface area contributed by atoms with Crippen LogP contribution in [0.5, 0.6) is 11.5 Å². The van der Waals surface area contributed by atoms with Gasteiger partial charge in [0.25, 0.3) is 5.91 Å². The first-order valence-corrected chi connectivity index (χ1v) is 9.00. The highest BCUT2D eigenvalue weighted by atomic mass is 32.2. The van der Waals surface area contributed by atoms with Crippen LogP contribution in [0.15, 0.2) is 47.4 Å². The molecule has 0 unspecified atom stereocenters. The van der Waals surface area contributed by atoms with E-state index in [2.05, 4.69) is 0 Å². The largest absolute Gasteiger partial charge is 0.493 e. The maximum Gasteiger partial charge on any atom is 0.335 e. The average Bonchev–Trinajstić information content (AvgIpc) is 2.94. The van der Waals surface area contributed by atoms with E-state index in [0.29, 0.717) is 26.4 Å². The molecule has 3 rings (SSSR count). The van der Waals surface area contributed by atoms with Crippen LogP contribution in [0.3, 0.4) is 0 Å². The van der Waals surface area contributed by atoms with Crippen molar-refractivity contribution >= 4 is 51.9 Å². The van der Waals surface area contributed by atoms with Gasteiger partial charge in [-0.2, -0.15) is 0 Å². The molecule has 1 aliphatic rings. The first-order chi connectivity index (χ1) is 12.9. The monoisotopic (exact) mass is 401 g/mol. The van der Waals surface area contributed by atoms with Crippen molar-refractivity contribution in [3.05, 3.63) is 58.5 Å². The van der Waals surface area contributed by atoms with Crippen LogP contribution in [0.25, 0.3) is 6.08 Å². The van der Waals surface area contributed by atoms with Crippen molar-refractivity contribution < 1.29 is 24.2 Å². The van der Waals surface area contributed by atoms with Gasteiger partial charge in [-0.1, -0.05) is 36.1 Å². The molecule has 6 nitrogen and oxygen atoms in total. The Morgan fingerprint density at radius 3 is 2.56 bits per heavy atom. The van der Waals surface area contributed by atoms with Crippen molar-refractivity contribution in [3.8, 4) is 11.5 Å². The average molecular weight is 401 g/mol. The standard InChI is InChI=1S/C19H15NO5S2/c1-24-14-7-6-11(8-15(14)25-2)9-16-17(21)20(19(26)27-16)13-5-3-4-12(10-13)18(22)23/h3-10H,1-2H3,(H,22,23)/b16-9-. The predicted octanol–water partition coefficient (Wildman–Crippen LogP) is 3.81. The van der Waals surface area contributed by atoms with E-state index in [-0.39, 0.29) is 11.5 Å². The first kappa shape index (κ1) is 18.9. The molecule has 1 N–H and O–H groups in total. The molecule has 1 heterocycles. The Morgan fingerprint density at radius 2 is 1.89 bits per heavy atom. The van der Waals surface area contributed by atoms with Gasteiger partial charge in [0, 0.05) is 0 Å². The number of anilines is 1. The SMILES string of the molecule is COc1ccc(/C=C2\SC(=S)N(c3cccc(C(=O)O)c3)C2=O)cc1OC. The van der Waals surface area contributed by atoms with E-state index in [4.69, 9.17) is 26.8 Å². The highest BCUT2D eigenvalue weighted by Gasteiger charge is 2.33. The lowest BCUT2D eigenvalue weighted by atomic mass is 10.1. The zero-order chi connectivity index (χ0) is 19.6. The van der Waals surface area contributed by atoms with Gasteiger partial charge in [-0.15, -0.1) is 0 Å². The normalized spacial score (nSPS) is 15.3. The van der Waals surface area contributed by atoms with E-state index in [1.54, 1.807) is 43.5 Å². The van der Waals surface area contributed by atoms with E-state index in [9.17, 15) is 9.59 Å². The molecule has 0 spiro atoms. The van der Waals surface area contributed by atoms with Gasteiger partial charge < -0.3 is 14.6 Å². The van der Waals surface area contributed by atoms with Gasteiger partial charge in [0.05, 0.1) is 30.4 Å². The summed E-state index contributed by atoms with van der Waals surface area (Å²) in [6.45, 7) is 0. The molecule has 138 valence electrons. The summed E-state index contributed by atoms with van der Waals surface area (Å²) in [7, 11) is 3.09. The van der Waals surface area contributed by atoms with Crippen LogP contribution in [0, 0.1) is 0 Å². The molecule has 0 atom stereocenters. The minimum absolute atomic E-state index is 0.0884. The fraction of sp³-hybridized carbons (Fsp3) is 0.105. The number of thioether (sulfide) groups is 1. The van der Waals surface area contributed by atoms with Gasteiger partial charge in [0.15, 0.2) is 15.8 Å². The molecule has 2 aromatic rings. The molecule has 0 saturated carbocycles. The second-order valence-corrected chi connectivity index (χ2v) is 7.16. The molecule has 0 radical (unpaired) electrons. The number of methoxy groups -OCH3 is 2. The van der Waals surface area contributed by atoms with Crippen molar-refractivity contribution in [2.24, 2.45) is 0 Å². The molecule has 27 heavy (non-hydrogen) atoms. The number of amides is 1. The molecule has 1 amide bonds. The third kappa shape index (κ3) is 3.81. The smallest absolute Gasteiger partial charge is 0.335 e. The molecule has 1 saturated heterocycles. The van der Waals surface area contributed by atoms with Crippen LogP contribution < -0.4 is 14.4 Å². The van der Waals surface area contributed by atoms with Crippen LogP contribution in [0.1, 0.15) is 15.9 Å². The van der Waals surface area contributed by atoms with E-state index in [1.807, 2.05) is 0 Å². The van der Waals surface area contributed by atoms with Crippen molar-refractivity contribution in [3.63, 3.8) is 0 Å². The van der Waals surface area contributed by atoms with Crippen LogP contribution >= 0.6 is 24.0 Å². The lowest BCUT2D eigenvalue weighted by Gasteiger charge is -2.14. The van der Waals surface area contributed by atoms with Gasteiger partial charge in [-0.3, -0.25) is 9.69 Å². The number of hydrogen-bond acceptors (Lipinski definition) is 6. The zero-order valence-corrected chi connectivity index (χ0v) is 16.1. The Hall–Kier alpha value is -2.84. The number of hydrogen-bond donors (Lipinski definition) is 1. The molecular weight excluding hydrogens is 386 g/mol. The van der Waals surface area contributed by atoms with Crippen LogP contribution in [0.2, 0.25) is 0 Å². The molecule has 2 aromatic carbocycles. The van der Waals surface area contributed by atoms with Gasteiger partial charge in [0.1, 0.15) is 0 Å². The van der Waals surface area contributed by atoms with Crippen molar-refractivity contribution in [1.29, 1.82) is 0 Å². The van der Waals surface area contributed by atoms with Gasteiger partial charge in [-0.05, 0) is 42.0 Å². The molecule has 0 bridgehead atoms. The molecule has 0 aromatic heterocycles. The molecule has 1 aliphatic heterocycles. The first-order valence-electron chi connectivity index (χ1n) is 7.78. The van der Waals surface area contributed by atoms with E-state index in [0.717, 1.165) is 17.3 Å². The minimum Gasteiger partial charge on any atom is -0.493 e. The number of carboxylic acids is 1. The topological polar surface area (TPSA) is 76.1 Å². The molecule has 1 fully saturated rings. The van der Waals surface area contributed by atoms with E-state index >= 15 is 0 Å². The Morgan fingerprint density at radius 1 is 1.15 bits per heavy atom. The highest BCUT2D eigenvalue weighted by Crippen LogP contribution is 2.37. The summed E-state index contributed by atoms with van der Waals surface area (Å²) in [6, 6.07) is 11.4. The molecule has 0 aliphatic carbocycles. The number of ether oxygens (including phenoxy) is 2. The summed E-state index contributed by atoms with van der Waals surface area (Å²) in [5.74, 6) is -0.228. The zero-order valence-electron chi connectivity index (χ0n) is 14.5. The number of aromatic carboxylic acids is 1. The number of nitrogens with zero attached hydrogens (tertiary/aromatic N) is 1. The number of benzene rings is 2. The van der Waals surface area contributed by atoms with Gasteiger partial charge >= 0.3 is 5.97 Å². The lowest BCUT2D eigenvalue weighted by Crippen LogP contribution is -2.27. The highest BCUT2D eigenvalue weighted by molar-refractivity contribution is 8.27. The Kier molecular flexibility index (Phi) is 5.48. The van der Waals surface area contributed by atoms with Crippen LogP contribution in [0.4, 0.5) is 5.69 Å². The summed E-state index contributed by atoms with van der Waals surface area (Å²) in [6.07, 6.45) is 1.71. The van der Waals surface area contributed by atoms with Crippen molar-refractivity contribution in [2.45, 2.75) is 0 Å². The number of rotatable bonds is 5. The van der Waals surface area contributed by atoms with Crippen LogP contribution in [-0.4, -0.2) is 35.5 Å². The Balaban J connectivity index is 1.93. The van der Waals surface area contributed by atoms with E-state index in [1.165, 1.54) is 24.1 Å². The number of carbonyl (C=O) groups is 2. The summed E-state index contributed by atoms with van der Waals surface area (Å²) in [4.78, 5) is 25.8. The minimum atomic E-state index is -1.07. The third-order valence-electron chi connectivity index (χ3n) is 3.85.